The van der Waals surface area contributed by atoms with E-state index in [1.54, 1.807) is 7.11 Å². The molecule has 0 spiro atoms. The summed E-state index contributed by atoms with van der Waals surface area (Å²) in [5.41, 5.74) is 17.7. The Hall–Kier alpha value is -4.87. The normalized spacial score (nSPS) is 16.7. The molecule has 48 heavy (non-hydrogen) atoms. The van der Waals surface area contributed by atoms with E-state index in [1.807, 2.05) is 97.1 Å². The number of carbonyl (C=O) groups excluding carboxylic acids is 1. The second-order valence-electron chi connectivity index (χ2n) is 11.1. The molecule has 3 N–H and O–H groups in total. The molecule has 1 aliphatic heterocycles. The van der Waals surface area contributed by atoms with Crippen molar-refractivity contribution in [2.75, 3.05) is 26.9 Å². The van der Waals surface area contributed by atoms with E-state index >= 15 is 0 Å². The molecule has 0 saturated heterocycles. The average Bonchev–Trinajstić information content (AvgIpc) is 3.50. The number of halogens is 1. The fourth-order valence-corrected chi connectivity index (χ4v) is 5.97. The summed E-state index contributed by atoms with van der Waals surface area (Å²) in [6, 6.07) is 30.2. The second kappa shape index (κ2) is 16.8. The molecule has 1 heterocycles. The van der Waals surface area contributed by atoms with Gasteiger partial charge in [0, 0.05) is 46.5 Å². The molecule has 248 valence electrons. The van der Waals surface area contributed by atoms with Gasteiger partial charge in [0.25, 0.3) is 5.91 Å². The number of rotatable bonds is 16. The first kappa shape index (κ1) is 34.5. The molecule has 0 aliphatic carbocycles. The Morgan fingerprint density at radius 1 is 1.02 bits per heavy atom. The molecule has 1 aliphatic rings. The molecule has 0 unspecified atom stereocenters. The van der Waals surface area contributed by atoms with Gasteiger partial charge in [-0.15, -0.1) is 0 Å². The predicted octanol–water partition coefficient (Wildman–Crippen LogP) is 6.39. The monoisotopic (exact) mass is 712 g/mol. The Morgan fingerprint density at radius 3 is 2.44 bits per heavy atom. The van der Waals surface area contributed by atoms with Crippen LogP contribution >= 0.6 is 15.9 Å². The van der Waals surface area contributed by atoms with Crippen molar-refractivity contribution in [1.82, 2.24) is 10.9 Å². The lowest BCUT2D eigenvalue weighted by Crippen LogP contribution is -2.54. The van der Waals surface area contributed by atoms with Gasteiger partial charge in [0.15, 0.2) is 11.6 Å². The quantitative estimate of drug-likeness (QED) is 0.0403. The number of aliphatic hydroxyl groups excluding tert-OH is 1. The van der Waals surface area contributed by atoms with E-state index in [-0.39, 0.29) is 25.5 Å². The molecule has 1 amide bonds. The molecule has 0 radical (unpaired) electrons. The number of aliphatic imine (C=N–C) groups is 1. The maximum Gasteiger partial charge on any atom is 0.266 e. The van der Waals surface area contributed by atoms with Crippen LogP contribution < -0.4 is 20.3 Å². The molecule has 11 nitrogen and oxygen atoms in total. The average molecular weight is 714 g/mol. The predicted molar refractivity (Wildman–Crippen MR) is 187 cm³/mol. The van der Waals surface area contributed by atoms with Gasteiger partial charge >= 0.3 is 0 Å². The molecule has 2 atom stereocenters. The molecular formula is C36H37BrN6O5. The molecule has 5 rings (SSSR count). The third-order valence-corrected chi connectivity index (χ3v) is 8.72. The van der Waals surface area contributed by atoms with Crippen LogP contribution in [-0.4, -0.2) is 49.3 Å². The first-order valence-corrected chi connectivity index (χ1v) is 16.4. The van der Waals surface area contributed by atoms with Gasteiger partial charge in [0.1, 0.15) is 11.5 Å². The lowest BCUT2D eigenvalue weighted by atomic mass is 9.81. The highest BCUT2D eigenvalue weighted by Crippen LogP contribution is 2.45. The van der Waals surface area contributed by atoms with E-state index in [0.717, 1.165) is 32.5 Å². The zero-order chi connectivity index (χ0) is 33.8. The van der Waals surface area contributed by atoms with Gasteiger partial charge in [-0.3, -0.25) is 10.2 Å². The summed E-state index contributed by atoms with van der Waals surface area (Å²) in [6.07, 6.45) is 0.531. The lowest BCUT2D eigenvalue weighted by molar-refractivity contribution is -0.130. The summed E-state index contributed by atoms with van der Waals surface area (Å²) in [7, 11) is 1.63. The highest BCUT2D eigenvalue weighted by Gasteiger charge is 2.54. The SMILES string of the molecule is COc1ccc(CCNNC(=O)[C@@]2(Cc3ccccc3CN=[N+]=[N-])N=C(c3ccc(OCCCO)cc3)O[C@H]2c2ccccc2Br)cc1. The van der Waals surface area contributed by atoms with Crippen LogP contribution in [-0.2, 0) is 28.9 Å². The number of amides is 1. The summed E-state index contributed by atoms with van der Waals surface area (Å²) < 4.78 is 18.4. The number of hydrogen-bond donors (Lipinski definition) is 3. The summed E-state index contributed by atoms with van der Waals surface area (Å²) in [5, 5.41) is 12.9. The maximum absolute atomic E-state index is 14.5. The zero-order valence-electron chi connectivity index (χ0n) is 26.5. The number of hydrogen-bond acceptors (Lipinski definition) is 8. The molecule has 0 fully saturated rings. The second-order valence-corrected chi connectivity index (χ2v) is 12.0. The maximum atomic E-state index is 14.5. The van der Waals surface area contributed by atoms with Gasteiger partial charge in [-0.05, 0) is 71.1 Å². The molecule has 4 aromatic carbocycles. The molecule has 12 heteroatoms. The van der Waals surface area contributed by atoms with Crippen molar-refractivity contribution in [3.05, 3.63) is 140 Å². The molecule has 0 bridgehead atoms. The Kier molecular flexibility index (Phi) is 12.1. The first-order valence-electron chi connectivity index (χ1n) is 15.6. The van der Waals surface area contributed by atoms with E-state index in [4.69, 9.17) is 29.8 Å². The van der Waals surface area contributed by atoms with Crippen LogP contribution in [0.5, 0.6) is 11.5 Å². The van der Waals surface area contributed by atoms with Crippen LogP contribution in [0.25, 0.3) is 10.4 Å². The van der Waals surface area contributed by atoms with Crippen molar-refractivity contribution in [3.63, 3.8) is 0 Å². The van der Waals surface area contributed by atoms with Gasteiger partial charge < -0.3 is 19.3 Å². The summed E-state index contributed by atoms with van der Waals surface area (Å²) in [4.78, 5) is 22.6. The van der Waals surface area contributed by atoms with Gasteiger partial charge in [-0.2, -0.15) is 0 Å². The first-order chi connectivity index (χ1) is 23.5. The van der Waals surface area contributed by atoms with Crippen LogP contribution in [0, 0.1) is 0 Å². The number of azide groups is 1. The van der Waals surface area contributed by atoms with Crippen LogP contribution in [0.2, 0.25) is 0 Å². The topological polar surface area (TPSA) is 150 Å². The van der Waals surface area contributed by atoms with Crippen molar-refractivity contribution >= 4 is 27.7 Å². The van der Waals surface area contributed by atoms with Crippen molar-refractivity contribution in [2.45, 2.75) is 37.5 Å². The van der Waals surface area contributed by atoms with Crippen molar-refractivity contribution < 1.29 is 24.1 Å². The molecule has 0 saturated carbocycles. The third-order valence-electron chi connectivity index (χ3n) is 8.00. The number of nitrogens with one attached hydrogen (secondary N) is 2. The Labute approximate surface area is 287 Å². The van der Waals surface area contributed by atoms with Gasteiger partial charge in [0.05, 0.1) is 20.3 Å². The van der Waals surface area contributed by atoms with Crippen LogP contribution in [0.15, 0.2) is 112 Å². The minimum atomic E-state index is -1.46. The van der Waals surface area contributed by atoms with Crippen molar-refractivity contribution in [1.29, 1.82) is 0 Å². The van der Waals surface area contributed by atoms with Crippen molar-refractivity contribution in [2.24, 2.45) is 10.1 Å². The van der Waals surface area contributed by atoms with Gasteiger partial charge in [-0.1, -0.05) is 75.6 Å². The number of nitrogens with zero attached hydrogens (tertiary/aromatic N) is 4. The Balaban J connectivity index is 1.51. The summed E-state index contributed by atoms with van der Waals surface area (Å²) >= 11 is 3.68. The number of ether oxygens (including phenoxy) is 3. The number of aliphatic hydroxyl groups is 1. The number of methoxy groups -OCH3 is 1. The van der Waals surface area contributed by atoms with Gasteiger partial charge in [0.2, 0.25) is 5.90 Å². The Bertz CT molecular complexity index is 1760. The van der Waals surface area contributed by atoms with Crippen molar-refractivity contribution in [3.8, 4) is 11.5 Å². The van der Waals surface area contributed by atoms with E-state index in [1.165, 1.54) is 0 Å². The van der Waals surface area contributed by atoms with Crippen LogP contribution in [0.1, 0.15) is 40.3 Å². The zero-order valence-corrected chi connectivity index (χ0v) is 28.1. The summed E-state index contributed by atoms with van der Waals surface area (Å²) in [5.74, 6) is 1.35. The molecule has 4 aromatic rings. The van der Waals surface area contributed by atoms with E-state index < -0.39 is 11.6 Å². The molecular weight excluding hydrogens is 676 g/mol. The summed E-state index contributed by atoms with van der Waals surface area (Å²) in [6.45, 7) is 1.03. The number of hydrazine groups is 1. The fraction of sp³-hybridized carbons (Fsp3) is 0.278. The third kappa shape index (κ3) is 8.34. The van der Waals surface area contributed by atoms with Gasteiger partial charge in [-0.25, -0.2) is 10.4 Å². The fourth-order valence-electron chi connectivity index (χ4n) is 5.48. The largest absolute Gasteiger partial charge is 0.497 e. The van der Waals surface area contributed by atoms with E-state index in [0.29, 0.717) is 43.2 Å². The minimum absolute atomic E-state index is 0.0473. The van der Waals surface area contributed by atoms with E-state index in [2.05, 4.69) is 36.8 Å². The van der Waals surface area contributed by atoms with E-state index in [9.17, 15) is 4.79 Å². The minimum Gasteiger partial charge on any atom is -0.497 e. The number of benzene rings is 4. The molecule has 0 aromatic heterocycles. The number of carbonyl (C=O) groups is 1. The van der Waals surface area contributed by atoms with Crippen LogP contribution in [0.4, 0.5) is 0 Å². The van der Waals surface area contributed by atoms with Crippen LogP contribution in [0.3, 0.4) is 0 Å². The Morgan fingerprint density at radius 2 is 1.73 bits per heavy atom. The highest BCUT2D eigenvalue weighted by molar-refractivity contribution is 9.10. The standard InChI is InChI=1S/C36H37BrN6O5/c1-46-29-15-11-25(12-16-29)19-20-39-42-35(45)36(23-27-7-2-3-8-28(27)24-40-43-38)33(31-9-4-5-10-32(31)37)48-34(41-36)26-13-17-30(18-14-26)47-22-6-21-44/h2-5,7-18,33,39,44H,6,19-24H2,1H3,(H,42,45)/t33-,36-/m0/s1. The lowest BCUT2D eigenvalue weighted by Gasteiger charge is -2.32. The highest BCUT2D eigenvalue weighted by atomic mass is 79.9. The smallest absolute Gasteiger partial charge is 0.266 e.